The molecule has 1 aliphatic carbocycles. The van der Waals surface area contributed by atoms with Gasteiger partial charge in [0.1, 0.15) is 6.17 Å². The van der Waals surface area contributed by atoms with Gasteiger partial charge in [-0.25, -0.2) is 4.39 Å². The van der Waals surface area contributed by atoms with Crippen molar-refractivity contribution < 1.29 is 4.39 Å². The van der Waals surface area contributed by atoms with Crippen LogP contribution >= 0.6 is 11.6 Å². The summed E-state index contributed by atoms with van der Waals surface area (Å²) in [6.45, 7) is 0.433. The van der Waals surface area contributed by atoms with E-state index in [4.69, 9.17) is 17.3 Å². The minimum absolute atomic E-state index is 0.267. The van der Waals surface area contributed by atoms with Crippen LogP contribution < -0.4 is 5.73 Å². The number of hydrogen-bond acceptors (Lipinski definition) is 1. The summed E-state index contributed by atoms with van der Waals surface area (Å²) in [6, 6.07) is 0. The van der Waals surface area contributed by atoms with Gasteiger partial charge >= 0.3 is 0 Å². The molecule has 56 valence electrons. The maximum Gasteiger partial charge on any atom is 0.139 e. The standard InChI is InChI=1S/C7H9ClFN/c8-6-3-5(4-10)1-2-7(6)9/h1,3,7H,2,4,10H2. The Morgan fingerprint density at radius 3 is 3.00 bits per heavy atom. The Morgan fingerprint density at radius 1 is 1.80 bits per heavy atom. The average Bonchev–Trinajstić information content (AvgIpc) is 1.95. The van der Waals surface area contributed by atoms with Gasteiger partial charge < -0.3 is 5.73 Å². The van der Waals surface area contributed by atoms with Gasteiger partial charge in [0.25, 0.3) is 0 Å². The first-order valence-electron chi connectivity index (χ1n) is 3.14. The van der Waals surface area contributed by atoms with Crippen LogP contribution in [0.5, 0.6) is 0 Å². The molecule has 10 heavy (non-hydrogen) atoms. The predicted octanol–water partition coefficient (Wildman–Crippen LogP) is 1.74. The number of allylic oxidation sites excluding steroid dienone is 2. The van der Waals surface area contributed by atoms with Gasteiger partial charge in [-0.05, 0) is 11.6 Å². The lowest BCUT2D eigenvalue weighted by Crippen LogP contribution is -2.09. The number of alkyl halides is 1. The van der Waals surface area contributed by atoms with Crippen LogP contribution in [0.15, 0.2) is 22.8 Å². The Hall–Kier alpha value is -0.340. The van der Waals surface area contributed by atoms with E-state index in [1.165, 1.54) is 0 Å². The molecule has 0 saturated carbocycles. The molecule has 0 aromatic heterocycles. The highest BCUT2D eigenvalue weighted by molar-refractivity contribution is 6.30. The Kier molecular flexibility index (Phi) is 2.46. The van der Waals surface area contributed by atoms with E-state index in [0.29, 0.717) is 13.0 Å². The molecule has 0 amide bonds. The van der Waals surface area contributed by atoms with Gasteiger partial charge in [-0.2, -0.15) is 0 Å². The molecule has 1 atom stereocenters. The maximum atomic E-state index is 12.6. The van der Waals surface area contributed by atoms with E-state index in [9.17, 15) is 4.39 Å². The highest BCUT2D eigenvalue weighted by Gasteiger charge is 2.13. The molecule has 0 heterocycles. The lowest BCUT2D eigenvalue weighted by atomic mass is 10.1. The van der Waals surface area contributed by atoms with E-state index < -0.39 is 6.17 Å². The largest absolute Gasteiger partial charge is 0.327 e. The molecule has 0 aliphatic heterocycles. The van der Waals surface area contributed by atoms with Crippen molar-refractivity contribution in [3.05, 3.63) is 22.8 Å². The zero-order chi connectivity index (χ0) is 7.56. The third-order valence-electron chi connectivity index (χ3n) is 1.45. The summed E-state index contributed by atoms with van der Waals surface area (Å²) in [6.07, 6.45) is 2.71. The second kappa shape index (κ2) is 3.17. The Bertz CT molecular complexity index is 186. The van der Waals surface area contributed by atoms with Crippen molar-refractivity contribution in [3.63, 3.8) is 0 Å². The van der Waals surface area contributed by atoms with Crippen LogP contribution in [0.1, 0.15) is 6.42 Å². The molecular formula is C7H9ClFN. The molecule has 0 bridgehead atoms. The number of halogens is 2. The molecule has 2 N–H and O–H groups in total. The van der Waals surface area contributed by atoms with Crippen LogP contribution in [0.2, 0.25) is 0 Å². The van der Waals surface area contributed by atoms with E-state index in [2.05, 4.69) is 0 Å². The van der Waals surface area contributed by atoms with E-state index in [1.54, 1.807) is 12.2 Å². The molecule has 1 rings (SSSR count). The van der Waals surface area contributed by atoms with E-state index in [0.717, 1.165) is 5.57 Å². The molecule has 1 nitrogen and oxygen atoms in total. The van der Waals surface area contributed by atoms with Crippen molar-refractivity contribution in [1.82, 2.24) is 0 Å². The van der Waals surface area contributed by atoms with Crippen LogP contribution in [-0.2, 0) is 0 Å². The van der Waals surface area contributed by atoms with Gasteiger partial charge in [0.15, 0.2) is 0 Å². The monoisotopic (exact) mass is 161 g/mol. The summed E-state index contributed by atoms with van der Waals surface area (Å²) in [4.78, 5) is 0. The number of hydrogen-bond donors (Lipinski definition) is 1. The third kappa shape index (κ3) is 1.58. The Labute approximate surface area is 64.4 Å². The van der Waals surface area contributed by atoms with Gasteiger partial charge in [0.05, 0.1) is 5.03 Å². The first-order valence-corrected chi connectivity index (χ1v) is 3.52. The van der Waals surface area contributed by atoms with E-state index >= 15 is 0 Å². The zero-order valence-electron chi connectivity index (χ0n) is 5.48. The molecule has 0 fully saturated rings. The molecule has 3 heteroatoms. The van der Waals surface area contributed by atoms with Crippen LogP contribution in [0.3, 0.4) is 0 Å². The van der Waals surface area contributed by atoms with Crippen LogP contribution in [0.4, 0.5) is 4.39 Å². The SMILES string of the molecule is NCC1=CCC(F)C(Cl)=C1. The molecular weight excluding hydrogens is 153 g/mol. The fourth-order valence-corrected chi connectivity index (χ4v) is 1.07. The van der Waals surface area contributed by atoms with Crippen molar-refractivity contribution in [2.24, 2.45) is 5.73 Å². The van der Waals surface area contributed by atoms with E-state index in [1.807, 2.05) is 0 Å². The van der Waals surface area contributed by atoms with E-state index in [-0.39, 0.29) is 5.03 Å². The fraction of sp³-hybridized carbons (Fsp3) is 0.429. The first kappa shape index (κ1) is 7.76. The highest BCUT2D eigenvalue weighted by Crippen LogP contribution is 2.22. The van der Waals surface area contributed by atoms with Crippen LogP contribution in [0, 0.1) is 0 Å². The Balaban J connectivity index is 2.69. The normalized spacial score (nSPS) is 25.7. The van der Waals surface area contributed by atoms with Crippen molar-refractivity contribution in [2.45, 2.75) is 12.6 Å². The van der Waals surface area contributed by atoms with Gasteiger partial charge in [-0.15, -0.1) is 0 Å². The minimum Gasteiger partial charge on any atom is -0.327 e. The average molecular weight is 162 g/mol. The van der Waals surface area contributed by atoms with Crippen LogP contribution in [0.25, 0.3) is 0 Å². The lowest BCUT2D eigenvalue weighted by Gasteiger charge is -2.10. The lowest BCUT2D eigenvalue weighted by molar-refractivity contribution is 0.394. The molecule has 0 spiro atoms. The van der Waals surface area contributed by atoms with Crippen molar-refractivity contribution in [1.29, 1.82) is 0 Å². The predicted molar refractivity (Wildman–Crippen MR) is 40.6 cm³/mol. The van der Waals surface area contributed by atoms with Gasteiger partial charge in [-0.1, -0.05) is 17.7 Å². The van der Waals surface area contributed by atoms with Gasteiger partial charge in [-0.3, -0.25) is 0 Å². The summed E-state index contributed by atoms with van der Waals surface area (Å²) >= 11 is 5.53. The second-order valence-electron chi connectivity index (χ2n) is 2.22. The zero-order valence-corrected chi connectivity index (χ0v) is 6.24. The summed E-state index contributed by atoms with van der Waals surface area (Å²) in [5, 5.41) is 0.267. The number of nitrogens with two attached hydrogens (primary N) is 1. The van der Waals surface area contributed by atoms with Crippen molar-refractivity contribution in [3.8, 4) is 0 Å². The Morgan fingerprint density at radius 2 is 2.50 bits per heavy atom. The molecule has 0 aromatic rings. The second-order valence-corrected chi connectivity index (χ2v) is 2.65. The quantitative estimate of drug-likeness (QED) is 0.623. The van der Waals surface area contributed by atoms with Crippen molar-refractivity contribution in [2.75, 3.05) is 6.54 Å². The molecule has 1 aliphatic rings. The summed E-state index contributed by atoms with van der Waals surface area (Å²) in [5.41, 5.74) is 6.23. The molecule has 0 radical (unpaired) electrons. The molecule has 1 unspecified atom stereocenters. The first-order chi connectivity index (χ1) is 4.74. The topological polar surface area (TPSA) is 26.0 Å². The minimum atomic E-state index is -1.02. The maximum absolute atomic E-state index is 12.6. The number of rotatable bonds is 1. The van der Waals surface area contributed by atoms with Gasteiger partial charge in [0.2, 0.25) is 0 Å². The highest BCUT2D eigenvalue weighted by atomic mass is 35.5. The van der Waals surface area contributed by atoms with Crippen molar-refractivity contribution >= 4 is 11.6 Å². The van der Waals surface area contributed by atoms with Gasteiger partial charge in [0, 0.05) is 13.0 Å². The smallest absolute Gasteiger partial charge is 0.139 e. The molecule has 0 saturated heterocycles. The fourth-order valence-electron chi connectivity index (χ4n) is 0.836. The summed E-state index contributed by atoms with van der Waals surface area (Å²) < 4.78 is 12.6. The summed E-state index contributed by atoms with van der Waals surface area (Å²) in [5.74, 6) is 0. The van der Waals surface area contributed by atoms with Crippen LogP contribution in [-0.4, -0.2) is 12.7 Å². The molecule has 0 aromatic carbocycles. The summed E-state index contributed by atoms with van der Waals surface area (Å²) in [7, 11) is 0. The third-order valence-corrected chi connectivity index (χ3v) is 1.79.